The Hall–Kier alpha value is -2.92. The van der Waals surface area contributed by atoms with Gasteiger partial charge in [-0.25, -0.2) is 0 Å². The molecule has 0 amide bonds. The smallest absolute Gasteiger partial charge is 0.116 e. The Kier molecular flexibility index (Phi) is 4.07. The lowest BCUT2D eigenvalue weighted by Crippen LogP contribution is -2.16. The number of nitrogens with one attached hydrogen (secondary N) is 2. The maximum Gasteiger partial charge on any atom is 0.116 e. The minimum Gasteiger partial charge on any atom is -0.508 e. The van der Waals surface area contributed by atoms with Crippen LogP contribution < -0.4 is 11.2 Å². The molecule has 2 heterocycles. The molecular weight excluding hydrogens is 312 g/mol. The number of hydrogen-bond donors (Lipinski definition) is 4. The van der Waals surface area contributed by atoms with Gasteiger partial charge in [-0.3, -0.25) is 4.68 Å². The third-order valence-corrected chi connectivity index (χ3v) is 4.64. The second-order valence-electron chi connectivity index (χ2n) is 6.28. The summed E-state index contributed by atoms with van der Waals surface area (Å²) in [6.45, 7) is 1.40. The van der Waals surface area contributed by atoms with Gasteiger partial charge in [-0.05, 0) is 54.8 Å². The Morgan fingerprint density at radius 1 is 1.04 bits per heavy atom. The Bertz CT molecular complexity index is 1020. The summed E-state index contributed by atoms with van der Waals surface area (Å²) in [7, 11) is 0. The number of aromatic nitrogens is 2. The van der Waals surface area contributed by atoms with Gasteiger partial charge in [-0.1, -0.05) is 18.2 Å². The van der Waals surface area contributed by atoms with Gasteiger partial charge in [0.05, 0.1) is 5.52 Å². The van der Waals surface area contributed by atoms with Gasteiger partial charge in [0.1, 0.15) is 5.75 Å². The number of H-pyrrole nitrogens is 1. The minimum atomic E-state index is 0.280. The van der Waals surface area contributed by atoms with E-state index in [2.05, 4.69) is 41.0 Å². The maximum absolute atomic E-state index is 9.77. The summed E-state index contributed by atoms with van der Waals surface area (Å²) >= 11 is 0. The van der Waals surface area contributed by atoms with E-state index in [0.717, 1.165) is 35.9 Å². The maximum atomic E-state index is 9.77. The summed E-state index contributed by atoms with van der Waals surface area (Å²) in [6, 6.07) is 13.8. The van der Waals surface area contributed by atoms with E-state index in [1.54, 1.807) is 12.1 Å². The summed E-state index contributed by atoms with van der Waals surface area (Å²) in [5.41, 5.74) is 13.9. The summed E-state index contributed by atoms with van der Waals surface area (Å²) in [4.78, 5) is 3.32. The number of phenolic OH excluding ortho intramolecular Hbond substituents is 1. The molecule has 2 aromatic carbocycles. The lowest BCUT2D eigenvalue weighted by atomic mass is 10.1. The third-order valence-electron chi connectivity index (χ3n) is 4.64. The van der Waals surface area contributed by atoms with Crippen LogP contribution in [0.5, 0.6) is 5.75 Å². The molecule has 0 unspecified atom stereocenters. The van der Waals surface area contributed by atoms with Crippen molar-refractivity contribution in [3.63, 3.8) is 0 Å². The van der Waals surface area contributed by atoms with Crippen molar-refractivity contribution in [3.8, 4) is 5.75 Å². The zero-order valence-corrected chi connectivity index (χ0v) is 14.0. The largest absolute Gasteiger partial charge is 0.508 e. The van der Waals surface area contributed by atoms with Crippen molar-refractivity contribution in [1.82, 2.24) is 9.66 Å². The minimum absolute atomic E-state index is 0.280. The molecule has 4 rings (SSSR count). The Balaban J connectivity index is 1.54. The molecule has 2 aromatic heterocycles. The number of hydrogen-bond acceptors (Lipinski definition) is 3. The van der Waals surface area contributed by atoms with Crippen molar-refractivity contribution in [2.24, 2.45) is 5.73 Å². The zero-order valence-electron chi connectivity index (χ0n) is 14.0. The molecule has 5 heteroatoms. The van der Waals surface area contributed by atoms with Crippen LogP contribution in [0.1, 0.15) is 11.1 Å². The second-order valence-corrected chi connectivity index (χ2v) is 6.28. The van der Waals surface area contributed by atoms with Gasteiger partial charge in [-0.15, -0.1) is 0 Å². The van der Waals surface area contributed by atoms with Gasteiger partial charge < -0.3 is 21.2 Å². The van der Waals surface area contributed by atoms with Crippen molar-refractivity contribution in [2.75, 3.05) is 18.5 Å². The van der Waals surface area contributed by atoms with Crippen molar-refractivity contribution >= 4 is 21.8 Å². The fourth-order valence-corrected chi connectivity index (χ4v) is 3.42. The van der Waals surface area contributed by atoms with Crippen LogP contribution >= 0.6 is 0 Å². The van der Waals surface area contributed by atoms with Gasteiger partial charge in [0, 0.05) is 35.2 Å². The number of nitrogens with two attached hydrogens (primary N) is 1. The number of rotatable bonds is 6. The van der Waals surface area contributed by atoms with E-state index in [-0.39, 0.29) is 5.75 Å². The van der Waals surface area contributed by atoms with E-state index in [4.69, 9.17) is 5.73 Å². The first-order chi connectivity index (χ1) is 12.3. The van der Waals surface area contributed by atoms with Crippen LogP contribution in [-0.4, -0.2) is 27.9 Å². The molecule has 0 aliphatic rings. The van der Waals surface area contributed by atoms with E-state index >= 15 is 0 Å². The van der Waals surface area contributed by atoms with Crippen LogP contribution in [-0.2, 0) is 12.8 Å². The predicted molar refractivity (Wildman–Crippen MR) is 103 cm³/mol. The lowest BCUT2D eigenvalue weighted by Gasteiger charge is -2.09. The van der Waals surface area contributed by atoms with E-state index in [9.17, 15) is 5.11 Å². The first-order valence-corrected chi connectivity index (χ1v) is 8.58. The van der Waals surface area contributed by atoms with Crippen LogP contribution in [0.15, 0.2) is 54.9 Å². The molecule has 0 radical (unpaired) electrons. The van der Waals surface area contributed by atoms with Crippen molar-refractivity contribution < 1.29 is 5.11 Å². The molecule has 0 fully saturated rings. The van der Waals surface area contributed by atoms with Crippen LogP contribution in [0.3, 0.4) is 0 Å². The van der Waals surface area contributed by atoms with E-state index in [1.165, 1.54) is 16.5 Å². The number of benzene rings is 2. The fourth-order valence-electron chi connectivity index (χ4n) is 3.42. The van der Waals surface area contributed by atoms with E-state index in [0.29, 0.717) is 6.54 Å². The average molecular weight is 334 g/mol. The molecular formula is C20H22N4O. The molecule has 5 N–H and O–H groups in total. The Morgan fingerprint density at radius 2 is 1.92 bits per heavy atom. The van der Waals surface area contributed by atoms with Gasteiger partial charge >= 0.3 is 0 Å². The highest BCUT2D eigenvalue weighted by molar-refractivity contribution is 5.86. The van der Waals surface area contributed by atoms with E-state index < -0.39 is 0 Å². The average Bonchev–Trinajstić information content (AvgIpc) is 3.18. The van der Waals surface area contributed by atoms with Crippen molar-refractivity contribution in [1.29, 1.82) is 0 Å². The molecule has 0 atom stereocenters. The topological polar surface area (TPSA) is 79.0 Å². The van der Waals surface area contributed by atoms with Gasteiger partial charge in [0.25, 0.3) is 0 Å². The van der Waals surface area contributed by atoms with Crippen LogP contribution in [0, 0.1) is 0 Å². The second kappa shape index (κ2) is 6.53. The van der Waals surface area contributed by atoms with Gasteiger partial charge in [0.15, 0.2) is 0 Å². The first kappa shape index (κ1) is 15.6. The third kappa shape index (κ3) is 2.94. The molecule has 0 aliphatic heterocycles. The van der Waals surface area contributed by atoms with Crippen molar-refractivity contribution in [3.05, 3.63) is 66.0 Å². The molecule has 5 nitrogen and oxygen atoms in total. The zero-order chi connectivity index (χ0) is 17.2. The summed E-state index contributed by atoms with van der Waals surface area (Å²) in [6.07, 6.45) is 5.87. The Morgan fingerprint density at radius 3 is 2.80 bits per heavy atom. The number of aromatic hydroxyl groups is 1. The molecule has 25 heavy (non-hydrogen) atoms. The first-order valence-electron chi connectivity index (χ1n) is 8.58. The Labute approximate surface area is 146 Å². The number of fused-ring (bicyclic) bond motifs is 2. The molecule has 0 saturated carbocycles. The summed E-state index contributed by atoms with van der Waals surface area (Å²) in [5, 5.41) is 12.1. The van der Waals surface area contributed by atoms with Gasteiger partial charge in [-0.2, -0.15) is 0 Å². The van der Waals surface area contributed by atoms with Crippen LogP contribution in [0.4, 0.5) is 0 Å². The molecule has 128 valence electrons. The molecule has 0 aliphatic carbocycles. The molecule has 4 aromatic rings. The highest BCUT2D eigenvalue weighted by atomic mass is 16.3. The quantitative estimate of drug-likeness (QED) is 0.437. The van der Waals surface area contributed by atoms with Crippen molar-refractivity contribution in [2.45, 2.75) is 12.8 Å². The van der Waals surface area contributed by atoms with Gasteiger partial charge in [0.2, 0.25) is 0 Å². The monoisotopic (exact) mass is 334 g/mol. The van der Waals surface area contributed by atoms with Crippen LogP contribution in [0.25, 0.3) is 21.8 Å². The number of para-hydroxylation sites is 1. The van der Waals surface area contributed by atoms with Crippen LogP contribution in [0.2, 0.25) is 0 Å². The number of nitrogens with zero attached hydrogens (tertiary/aromatic N) is 1. The lowest BCUT2D eigenvalue weighted by molar-refractivity contribution is 0.476. The van der Waals surface area contributed by atoms with E-state index in [1.807, 2.05) is 16.8 Å². The summed E-state index contributed by atoms with van der Waals surface area (Å²) in [5.74, 6) is 0.280. The highest BCUT2D eigenvalue weighted by Crippen LogP contribution is 2.25. The highest BCUT2D eigenvalue weighted by Gasteiger charge is 2.09. The molecule has 0 bridgehead atoms. The predicted octanol–water partition coefficient (Wildman–Crippen LogP) is 3.12. The standard InChI is InChI=1S/C20H22N4O/c21-9-7-15-13-24(20-6-5-16(25)11-18(15)20)23-10-8-14-12-22-19-4-2-1-3-17(14)19/h1-6,11-13,22-23,25H,7-10,21H2. The molecule has 0 spiro atoms. The fraction of sp³-hybridized carbons (Fsp3) is 0.200. The summed E-state index contributed by atoms with van der Waals surface area (Å²) < 4.78 is 2.04. The normalized spacial score (nSPS) is 11.4. The number of aromatic amines is 1. The SMILES string of the molecule is NCCc1cn(NCCc2c[nH]c3ccccc23)c2ccc(O)cc12. The molecule has 0 saturated heterocycles. The number of phenols is 1.